The lowest BCUT2D eigenvalue weighted by molar-refractivity contribution is 0.237. The molecular weight excluding hydrogens is 274 g/mol. The number of rotatable bonds is 6. The molecule has 1 atom stereocenters. The van der Waals surface area contributed by atoms with Crippen molar-refractivity contribution in [1.82, 2.24) is 15.6 Å². The minimum absolute atomic E-state index is 0.0302. The minimum atomic E-state index is -0.156. The van der Waals surface area contributed by atoms with Gasteiger partial charge in [-0.1, -0.05) is 0 Å². The highest BCUT2D eigenvalue weighted by Gasteiger charge is 2.09. The maximum absolute atomic E-state index is 11.7. The molecule has 2 N–H and O–H groups in total. The molecule has 20 heavy (non-hydrogen) atoms. The Balaban J connectivity index is 1.64. The normalized spacial score (nSPS) is 12.1. The second kappa shape index (κ2) is 7.09. The number of hydrogen-bond donors (Lipinski definition) is 2. The molecule has 6 heteroatoms. The van der Waals surface area contributed by atoms with Gasteiger partial charge in [0.05, 0.1) is 17.0 Å². The van der Waals surface area contributed by atoms with E-state index in [1.54, 1.807) is 17.6 Å². The molecular formula is C14H19N3O2S. The van der Waals surface area contributed by atoms with Crippen LogP contribution in [-0.2, 0) is 12.8 Å². The molecule has 108 valence electrons. The summed E-state index contributed by atoms with van der Waals surface area (Å²) in [5.74, 6) is 0.871. The number of carbonyl (C=O) groups is 1. The van der Waals surface area contributed by atoms with Crippen molar-refractivity contribution in [3.63, 3.8) is 0 Å². The molecule has 2 heterocycles. The van der Waals surface area contributed by atoms with Crippen LogP contribution in [0.4, 0.5) is 4.79 Å². The third-order valence-corrected chi connectivity index (χ3v) is 3.62. The van der Waals surface area contributed by atoms with Crippen LogP contribution in [0.1, 0.15) is 23.4 Å². The molecule has 0 aliphatic heterocycles. The highest BCUT2D eigenvalue weighted by atomic mass is 32.1. The zero-order chi connectivity index (χ0) is 14.4. The van der Waals surface area contributed by atoms with Gasteiger partial charge in [-0.2, -0.15) is 0 Å². The second-order valence-corrected chi connectivity index (χ2v) is 5.75. The van der Waals surface area contributed by atoms with E-state index >= 15 is 0 Å². The second-order valence-electron chi connectivity index (χ2n) is 4.69. The van der Waals surface area contributed by atoms with Gasteiger partial charge in [0.1, 0.15) is 5.76 Å². The van der Waals surface area contributed by atoms with Gasteiger partial charge in [0.2, 0.25) is 0 Å². The zero-order valence-electron chi connectivity index (χ0n) is 11.7. The number of furan rings is 1. The van der Waals surface area contributed by atoms with E-state index < -0.39 is 0 Å². The molecule has 2 aromatic rings. The Bertz CT molecular complexity index is 536. The van der Waals surface area contributed by atoms with Crippen LogP contribution in [0.25, 0.3) is 0 Å². The van der Waals surface area contributed by atoms with Crippen molar-refractivity contribution in [1.29, 1.82) is 0 Å². The van der Waals surface area contributed by atoms with E-state index in [2.05, 4.69) is 15.6 Å². The number of nitrogens with one attached hydrogen (secondary N) is 2. The summed E-state index contributed by atoms with van der Waals surface area (Å²) in [6.45, 7) is 4.51. The fraction of sp³-hybridized carbons (Fsp3) is 0.429. The Morgan fingerprint density at radius 1 is 1.55 bits per heavy atom. The standard InChI is InChI=1S/C14H19N3O2S/c1-10(8-13-4-3-7-19-13)16-14(18)15-6-5-12-9-20-11(2)17-12/h3-4,7,9-10H,5-6,8H2,1-2H3,(H2,15,16,18)/t10-/m0/s1. The van der Waals surface area contributed by atoms with Gasteiger partial charge in [-0.15, -0.1) is 11.3 Å². The Morgan fingerprint density at radius 2 is 2.40 bits per heavy atom. The lowest BCUT2D eigenvalue weighted by Gasteiger charge is -2.13. The van der Waals surface area contributed by atoms with Gasteiger partial charge < -0.3 is 15.1 Å². The summed E-state index contributed by atoms with van der Waals surface area (Å²) in [6.07, 6.45) is 3.08. The number of urea groups is 1. The maximum atomic E-state index is 11.7. The predicted octanol–water partition coefficient (Wildman–Crippen LogP) is 2.52. The van der Waals surface area contributed by atoms with Crippen molar-refractivity contribution in [3.05, 3.63) is 40.2 Å². The van der Waals surface area contributed by atoms with Gasteiger partial charge >= 0.3 is 6.03 Å². The number of hydrogen-bond acceptors (Lipinski definition) is 4. The number of aryl methyl sites for hydroxylation is 1. The molecule has 0 spiro atoms. The van der Waals surface area contributed by atoms with Crippen molar-refractivity contribution in [3.8, 4) is 0 Å². The minimum Gasteiger partial charge on any atom is -0.469 e. The van der Waals surface area contributed by atoms with Crippen LogP contribution < -0.4 is 10.6 Å². The van der Waals surface area contributed by atoms with Crippen LogP contribution in [0.5, 0.6) is 0 Å². The predicted molar refractivity (Wildman–Crippen MR) is 79.0 cm³/mol. The number of carbonyl (C=O) groups excluding carboxylic acids is 1. The summed E-state index contributed by atoms with van der Waals surface area (Å²) >= 11 is 1.63. The van der Waals surface area contributed by atoms with Crippen molar-refractivity contribution >= 4 is 17.4 Å². The molecule has 0 aliphatic carbocycles. The van der Waals surface area contributed by atoms with Crippen LogP contribution in [0, 0.1) is 6.92 Å². The largest absolute Gasteiger partial charge is 0.469 e. The van der Waals surface area contributed by atoms with Gasteiger partial charge in [0.15, 0.2) is 0 Å². The molecule has 0 fully saturated rings. The molecule has 0 aromatic carbocycles. The van der Waals surface area contributed by atoms with E-state index in [4.69, 9.17) is 4.42 Å². The van der Waals surface area contributed by atoms with Crippen LogP contribution in [0.2, 0.25) is 0 Å². The first kappa shape index (κ1) is 14.6. The van der Waals surface area contributed by atoms with E-state index in [1.165, 1.54) is 0 Å². The van der Waals surface area contributed by atoms with Crippen molar-refractivity contribution < 1.29 is 9.21 Å². The Hall–Kier alpha value is -1.82. The van der Waals surface area contributed by atoms with Crippen molar-refractivity contribution in [2.75, 3.05) is 6.54 Å². The third kappa shape index (κ3) is 4.70. The van der Waals surface area contributed by atoms with Gasteiger partial charge in [-0.25, -0.2) is 9.78 Å². The molecule has 2 rings (SSSR count). The molecule has 2 amide bonds. The molecule has 5 nitrogen and oxygen atoms in total. The molecule has 0 saturated heterocycles. The molecule has 0 radical (unpaired) electrons. The zero-order valence-corrected chi connectivity index (χ0v) is 12.5. The Labute approximate surface area is 122 Å². The quantitative estimate of drug-likeness (QED) is 0.860. The van der Waals surface area contributed by atoms with E-state index in [-0.39, 0.29) is 12.1 Å². The summed E-state index contributed by atoms with van der Waals surface area (Å²) in [5.41, 5.74) is 1.02. The first-order valence-electron chi connectivity index (χ1n) is 6.61. The lowest BCUT2D eigenvalue weighted by atomic mass is 10.2. The van der Waals surface area contributed by atoms with Crippen LogP contribution in [0.15, 0.2) is 28.2 Å². The average Bonchev–Trinajstić information content (AvgIpc) is 3.01. The van der Waals surface area contributed by atoms with Crippen molar-refractivity contribution in [2.24, 2.45) is 0 Å². The van der Waals surface area contributed by atoms with Crippen molar-refractivity contribution in [2.45, 2.75) is 32.7 Å². The topological polar surface area (TPSA) is 67.2 Å². The number of amides is 2. The molecule has 0 bridgehead atoms. The number of thiazole rings is 1. The lowest BCUT2D eigenvalue weighted by Crippen LogP contribution is -2.42. The summed E-state index contributed by atoms with van der Waals surface area (Å²) in [4.78, 5) is 16.1. The van der Waals surface area contributed by atoms with Crippen LogP contribution in [0.3, 0.4) is 0 Å². The number of nitrogens with zero attached hydrogens (tertiary/aromatic N) is 1. The van der Waals surface area contributed by atoms with Gasteiger partial charge in [-0.3, -0.25) is 0 Å². The molecule has 0 unspecified atom stereocenters. The summed E-state index contributed by atoms with van der Waals surface area (Å²) < 4.78 is 5.25. The summed E-state index contributed by atoms with van der Waals surface area (Å²) in [6, 6.07) is 3.62. The SMILES string of the molecule is Cc1nc(CCNC(=O)N[C@@H](C)Cc2ccco2)cs1. The summed E-state index contributed by atoms with van der Waals surface area (Å²) in [7, 11) is 0. The molecule has 0 aliphatic rings. The van der Waals surface area contributed by atoms with Crippen LogP contribution >= 0.6 is 11.3 Å². The van der Waals surface area contributed by atoms with Crippen LogP contribution in [-0.4, -0.2) is 23.6 Å². The Morgan fingerprint density at radius 3 is 3.05 bits per heavy atom. The summed E-state index contributed by atoms with van der Waals surface area (Å²) in [5, 5.41) is 8.79. The Kier molecular flexibility index (Phi) is 5.17. The first-order chi connectivity index (χ1) is 9.63. The van der Waals surface area contributed by atoms with E-state index in [9.17, 15) is 4.79 Å². The van der Waals surface area contributed by atoms with Gasteiger partial charge in [0, 0.05) is 30.8 Å². The van der Waals surface area contributed by atoms with Gasteiger partial charge in [-0.05, 0) is 26.0 Å². The van der Waals surface area contributed by atoms with E-state index in [0.717, 1.165) is 22.9 Å². The third-order valence-electron chi connectivity index (χ3n) is 2.80. The highest BCUT2D eigenvalue weighted by molar-refractivity contribution is 7.09. The molecule has 0 saturated carbocycles. The monoisotopic (exact) mass is 293 g/mol. The fourth-order valence-corrected chi connectivity index (χ4v) is 2.53. The molecule has 2 aromatic heterocycles. The maximum Gasteiger partial charge on any atom is 0.315 e. The fourth-order valence-electron chi connectivity index (χ4n) is 1.88. The van der Waals surface area contributed by atoms with E-state index in [1.807, 2.05) is 31.4 Å². The van der Waals surface area contributed by atoms with E-state index in [0.29, 0.717) is 13.0 Å². The first-order valence-corrected chi connectivity index (χ1v) is 7.49. The number of aromatic nitrogens is 1. The smallest absolute Gasteiger partial charge is 0.315 e. The highest BCUT2D eigenvalue weighted by Crippen LogP contribution is 2.07. The average molecular weight is 293 g/mol. The van der Waals surface area contributed by atoms with Gasteiger partial charge in [0.25, 0.3) is 0 Å².